The maximum absolute atomic E-state index is 10.7. The molecule has 0 saturated heterocycles. The van der Waals surface area contributed by atoms with Gasteiger partial charge in [-0.15, -0.1) is 0 Å². The van der Waals surface area contributed by atoms with Gasteiger partial charge in [-0.25, -0.2) is 0 Å². The summed E-state index contributed by atoms with van der Waals surface area (Å²) in [7, 11) is 0. The molecule has 1 heterocycles. The molecule has 0 fully saturated rings. The first-order chi connectivity index (χ1) is 6.85. The molecule has 0 spiro atoms. The van der Waals surface area contributed by atoms with E-state index < -0.39 is 0 Å². The van der Waals surface area contributed by atoms with Crippen molar-refractivity contribution in [1.82, 2.24) is 4.90 Å². The molecule has 0 radical (unpaired) electrons. The van der Waals surface area contributed by atoms with E-state index in [1.54, 1.807) is 4.90 Å². The Bertz CT molecular complexity index is 395. The van der Waals surface area contributed by atoms with Gasteiger partial charge in [-0.3, -0.25) is 4.79 Å². The van der Waals surface area contributed by atoms with Crippen LogP contribution in [-0.2, 0) is 17.8 Å². The summed E-state index contributed by atoms with van der Waals surface area (Å²) in [4.78, 5) is 12.3. The Hall–Kier alpha value is -1.82. The van der Waals surface area contributed by atoms with Crippen LogP contribution in [-0.4, -0.2) is 17.4 Å². The van der Waals surface area contributed by atoms with Crippen molar-refractivity contribution >= 4 is 6.41 Å². The van der Waals surface area contributed by atoms with Gasteiger partial charge in [0, 0.05) is 13.0 Å². The molecule has 3 nitrogen and oxygen atoms in total. The third-order valence-corrected chi connectivity index (χ3v) is 2.57. The Labute approximate surface area is 82.6 Å². The zero-order valence-electron chi connectivity index (χ0n) is 7.68. The number of nitrogens with zero attached hydrogens (tertiary/aromatic N) is 2. The first kappa shape index (κ1) is 8.76. The maximum atomic E-state index is 10.7. The van der Waals surface area contributed by atoms with E-state index in [4.69, 9.17) is 5.26 Å². The molecule has 1 aliphatic heterocycles. The van der Waals surface area contributed by atoms with Gasteiger partial charge in [-0.05, 0) is 11.1 Å². The number of nitriles is 1. The molecule has 1 atom stereocenters. The van der Waals surface area contributed by atoms with E-state index in [0.717, 1.165) is 12.0 Å². The van der Waals surface area contributed by atoms with Crippen LogP contribution in [0.4, 0.5) is 0 Å². The van der Waals surface area contributed by atoms with E-state index in [9.17, 15) is 4.79 Å². The van der Waals surface area contributed by atoms with Crippen molar-refractivity contribution in [2.45, 2.75) is 19.0 Å². The molecular weight excluding hydrogens is 176 g/mol. The molecule has 70 valence electrons. The summed E-state index contributed by atoms with van der Waals surface area (Å²) >= 11 is 0. The van der Waals surface area contributed by atoms with E-state index >= 15 is 0 Å². The molecule has 0 saturated carbocycles. The molecule has 0 aromatic heterocycles. The lowest BCUT2D eigenvalue weighted by molar-refractivity contribution is -0.120. The third kappa shape index (κ3) is 1.35. The van der Waals surface area contributed by atoms with Crippen LogP contribution in [0.25, 0.3) is 0 Å². The van der Waals surface area contributed by atoms with Crippen LogP contribution in [0.15, 0.2) is 24.3 Å². The number of rotatable bonds is 1. The number of carbonyl (C=O) groups is 1. The zero-order valence-corrected chi connectivity index (χ0v) is 7.68. The van der Waals surface area contributed by atoms with Gasteiger partial charge in [0.05, 0.1) is 6.07 Å². The van der Waals surface area contributed by atoms with Gasteiger partial charge >= 0.3 is 0 Å². The van der Waals surface area contributed by atoms with Crippen molar-refractivity contribution < 1.29 is 4.79 Å². The fourth-order valence-corrected chi connectivity index (χ4v) is 1.77. The SMILES string of the molecule is N#CC1Cc2ccccc2CN1C=O. The Morgan fingerprint density at radius 3 is 2.79 bits per heavy atom. The fraction of sp³-hybridized carbons (Fsp3) is 0.273. The maximum Gasteiger partial charge on any atom is 0.211 e. The summed E-state index contributed by atoms with van der Waals surface area (Å²) in [6, 6.07) is 9.77. The third-order valence-electron chi connectivity index (χ3n) is 2.57. The molecule has 0 aliphatic carbocycles. The van der Waals surface area contributed by atoms with Crippen LogP contribution >= 0.6 is 0 Å². The number of fused-ring (bicyclic) bond motifs is 1. The highest BCUT2D eigenvalue weighted by molar-refractivity contribution is 5.51. The van der Waals surface area contributed by atoms with Crippen LogP contribution < -0.4 is 0 Å². The van der Waals surface area contributed by atoms with Gasteiger partial charge in [0.25, 0.3) is 0 Å². The number of hydrogen-bond acceptors (Lipinski definition) is 2. The van der Waals surface area contributed by atoms with Gasteiger partial charge < -0.3 is 4.90 Å². The molecular formula is C11H10N2O. The van der Waals surface area contributed by atoms with E-state index in [0.29, 0.717) is 13.0 Å². The van der Waals surface area contributed by atoms with Crippen LogP contribution in [0.1, 0.15) is 11.1 Å². The molecule has 0 N–H and O–H groups in total. The van der Waals surface area contributed by atoms with Crippen molar-refractivity contribution in [1.29, 1.82) is 5.26 Å². The number of amides is 1. The van der Waals surface area contributed by atoms with Crippen LogP contribution in [0.2, 0.25) is 0 Å². The van der Waals surface area contributed by atoms with Gasteiger partial charge in [-0.1, -0.05) is 24.3 Å². The Kier molecular flexibility index (Phi) is 2.19. The average molecular weight is 186 g/mol. The molecule has 1 unspecified atom stereocenters. The zero-order chi connectivity index (χ0) is 9.97. The second-order valence-electron chi connectivity index (χ2n) is 3.40. The monoisotopic (exact) mass is 186 g/mol. The van der Waals surface area contributed by atoms with Gasteiger partial charge in [-0.2, -0.15) is 5.26 Å². The number of carbonyl (C=O) groups excluding carboxylic acids is 1. The van der Waals surface area contributed by atoms with E-state index in [-0.39, 0.29) is 6.04 Å². The molecule has 0 bridgehead atoms. The quantitative estimate of drug-likeness (QED) is 0.616. The minimum atomic E-state index is -0.303. The molecule has 1 amide bonds. The summed E-state index contributed by atoms with van der Waals surface area (Å²) < 4.78 is 0. The smallest absolute Gasteiger partial charge is 0.211 e. The van der Waals surface area contributed by atoms with E-state index in [1.165, 1.54) is 5.56 Å². The highest BCUT2D eigenvalue weighted by Gasteiger charge is 2.23. The standard InChI is InChI=1S/C11H10N2O/c12-6-11-5-9-3-1-2-4-10(9)7-13(11)8-14/h1-4,8,11H,5,7H2. The molecule has 14 heavy (non-hydrogen) atoms. The average Bonchev–Trinajstić information content (AvgIpc) is 2.27. The molecule has 1 aromatic rings. The predicted molar refractivity (Wildman–Crippen MR) is 51.2 cm³/mol. The van der Waals surface area contributed by atoms with E-state index in [1.807, 2.05) is 24.3 Å². The van der Waals surface area contributed by atoms with Crippen molar-refractivity contribution in [3.05, 3.63) is 35.4 Å². The van der Waals surface area contributed by atoms with Crippen molar-refractivity contribution in [3.8, 4) is 6.07 Å². The number of benzene rings is 1. The fourth-order valence-electron chi connectivity index (χ4n) is 1.77. The van der Waals surface area contributed by atoms with Crippen LogP contribution in [0.3, 0.4) is 0 Å². The normalized spacial score (nSPS) is 19.6. The molecule has 3 heteroatoms. The topological polar surface area (TPSA) is 44.1 Å². The minimum Gasteiger partial charge on any atom is -0.325 e. The summed E-state index contributed by atoms with van der Waals surface area (Å²) in [6.45, 7) is 0.553. The Morgan fingerprint density at radius 2 is 2.14 bits per heavy atom. The summed E-state index contributed by atoms with van der Waals surface area (Å²) in [5.74, 6) is 0. The summed E-state index contributed by atoms with van der Waals surface area (Å²) in [5, 5.41) is 8.87. The summed E-state index contributed by atoms with van der Waals surface area (Å²) in [5.41, 5.74) is 2.32. The second-order valence-corrected chi connectivity index (χ2v) is 3.40. The molecule has 1 aromatic carbocycles. The van der Waals surface area contributed by atoms with Gasteiger partial charge in [0.1, 0.15) is 6.04 Å². The lowest BCUT2D eigenvalue weighted by Crippen LogP contribution is -2.38. The summed E-state index contributed by atoms with van der Waals surface area (Å²) in [6.07, 6.45) is 1.40. The van der Waals surface area contributed by atoms with Crippen molar-refractivity contribution in [2.75, 3.05) is 0 Å². The lowest BCUT2D eigenvalue weighted by Gasteiger charge is -2.29. The predicted octanol–water partition coefficient (Wildman–Crippen LogP) is 1.09. The van der Waals surface area contributed by atoms with E-state index in [2.05, 4.69) is 6.07 Å². The first-order valence-corrected chi connectivity index (χ1v) is 4.52. The molecule has 1 aliphatic rings. The highest BCUT2D eigenvalue weighted by Crippen LogP contribution is 2.21. The minimum absolute atomic E-state index is 0.303. The number of hydrogen-bond donors (Lipinski definition) is 0. The first-order valence-electron chi connectivity index (χ1n) is 4.52. The Morgan fingerprint density at radius 1 is 1.43 bits per heavy atom. The van der Waals surface area contributed by atoms with Crippen molar-refractivity contribution in [2.24, 2.45) is 0 Å². The van der Waals surface area contributed by atoms with Gasteiger partial charge in [0.2, 0.25) is 6.41 Å². The Balaban J connectivity index is 2.35. The van der Waals surface area contributed by atoms with Gasteiger partial charge in [0.15, 0.2) is 0 Å². The largest absolute Gasteiger partial charge is 0.325 e. The highest BCUT2D eigenvalue weighted by atomic mass is 16.1. The lowest BCUT2D eigenvalue weighted by atomic mass is 9.95. The molecule has 2 rings (SSSR count). The second kappa shape index (κ2) is 3.51. The van der Waals surface area contributed by atoms with Crippen LogP contribution in [0, 0.1) is 11.3 Å². The van der Waals surface area contributed by atoms with Crippen LogP contribution in [0.5, 0.6) is 0 Å². The van der Waals surface area contributed by atoms with Crippen molar-refractivity contribution in [3.63, 3.8) is 0 Å².